The van der Waals surface area contributed by atoms with Gasteiger partial charge in [-0.3, -0.25) is 4.79 Å². The van der Waals surface area contributed by atoms with E-state index in [1.807, 2.05) is 62.4 Å². The lowest BCUT2D eigenvalue weighted by Crippen LogP contribution is -2.39. The zero-order valence-electron chi connectivity index (χ0n) is 15.4. The molecule has 0 unspecified atom stereocenters. The number of hydrogen-bond acceptors (Lipinski definition) is 3. The first kappa shape index (κ1) is 18.8. The average Bonchev–Trinajstić information content (AvgIpc) is 2.66. The molecular formula is C21H27NO3. The molecular weight excluding hydrogens is 314 g/mol. The van der Waals surface area contributed by atoms with Gasteiger partial charge in [0.15, 0.2) is 6.10 Å². The molecule has 0 radical (unpaired) electrons. The maximum atomic E-state index is 12.5. The molecule has 0 saturated heterocycles. The van der Waals surface area contributed by atoms with E-state index < -0.39 is 6.10 Å². The second-order valence-corrected chi connectivity index (χ2v) is 6.02. The standard InChI is InChI=1S/C21H27NO3/c1-5-16-7-11-19(12-8-16)25-20(6-2)21(23)22-15(3)17-9-13-18(24-4)14-10-17/h7-15,20H,5-6H2,1-4H3,(H,22,23)/t15-,20+/m1/s1. The maximum Gasteiger partial charge on any atom is 0.261 e. The van der Waals surface area contributed by atoms with Crippen molar-refractivity contribution in [2.75, 3.05) is 7.11 Å². The van der Waals surface area contributed by atoms with Crippen molar-refractivity contribution in [2.24, 2.45) is 0 Å². The number of carbonyl (C=O) groups excluding carboxylic acids is 1. The Morgan fingerprint density at radius 3 is 2.12 bits per heavy atom. The fourth-order valence-electron chi connectivity index (χ4n) is 2.57. The van der Waals surface area contributed by atoms with E-state index >= 15 is 0 Å². The van der Waals surface area contributed by atoms with Crippen LogP contribution in [0.2, 0.25) is 0 Å². The summed E-state index contributed by atoms with van der Waals surface area (Å²) in [5.41, 5.74) is 2.27. The van der Waals surface area contributed by atoms with Crippen molar-refractivity contribution >= 4 is 5.91 Å². The number of carbonyl (C=O) groups is 1. The summed E-state index contributed by atoms with van der Waals surface area (Å²) in [6.07, 6.45) is 1.08. The Kier molecular flexibility index (Phi) is 6.87. The molecule has 0 aliphatic carbocycles. The zero-order valence-corrected chi connectivity index (χ0v) is 15.4. The first-order chi connectivity index (χ1) is 12.1. The Bertz CT molecular complexity index is 665. The Morgan fingerprint density at radius 2 is 1.60 bits per heavy atom. The summed E-state index contributed by atoms with van der Waals surface area (Å²) in [5, 5.41) is 3.02. The zero-order chi connectivity index (χ0) is 18.2. The van der Waals surface area contributed by atoms with Gasteiger partial charge in [-0.2, -0.15) is 0 Å². The van der Waals surface area contributed by atoms with E-state index in [1.54, 1.807) is 7.11 Å². The number of rotatable bonds is 8. The monoisotopic (exact) mass is 341 g/mol. The lowest BCUT2D eigenvalue weighted by atomic mass is 10.1. The lowest BCUT2D eigenvalue weighted by Gasteiger charge is -2.21. The number of aryl methyl sites for hydroxylation is 1. The second kappa shape index (κ2) is 9.11. The second-order valence-electron chi connectivity index (χ2n) is 6.02. The van der Waals surface area contributed by atoms with Gasteiger partial charge in [0.2, 0.25) is 0 Å². The molecule has 0 saturated carbocycles. The van der Waals surface area contributed by atoms with Crippen LogP contribution in [0.5, 0.6) is 11.5 Å². The van der Waals surface area contributed by atoms with Crippen LogP contribution in [0.1, 0.15) is 44.4 Å². The van der Waals surface area contributed by atoms with Crippen LogP contribution in [0.3, 0.4) is 0 Å². The van der Waals surface area contributed by atoms with Crippen molar-refractivity contribution in [2.45, 2.75) is 45.8 Å². The Morgan fingerprint density at radius 1 is 1.00 bits per heavy atom. The van der Waals surface area contributed by atoms with Crippen LogP contribution < -0.4 is 14.8 Å². The minimum Gasteiger partial charge on any atom is -0.497 e. The number of ether oxygens (including phenoxy) is 2. The van der Waals surface area contributed by atoms with E-state index in [4.69, 9.17) is 9.47 Å². The summed E-state index contributed by atoms with van der Waals surface area (Å²) in [6.45, 7) is 6.02. The van der Waals surface area contributed by atoms with Gasteiger partial charge in [-0.15, -0.1) is 0 Å². The molecule has 1 N–H and O–H groups in total. The van der Waals surface area contributed by atoms with Crippen molar-refractivity contribution in [1.82, 2.24) is 5.32 Å². The first-order valence-corrected chi connectivity index (χ1v) is 8.77. The number of hydrogen-bond donors (Lipinski definition) is 1. The Hall–Kier alpha value is -2.49. The number of benzene rings is 2. The summed E-state index contributed by atoms with van der Waals surface area (Å²) >= 11 is 0. The largest absolute Gasteiger partial charge is 0.497 e. The minimum atomic E-state index is -0.506. The molecule has 4 nitrogen and oxygen atoms in total. The molecule has 1 amide bonds. The smallest absolute Gasteiger partial charge is 0.261 e. The summed E-state index contributed by atoms with van der Waals surface area (Å²) < 4.78 is 11.0. The lowest BCUT2D eigenvalue weighted by molar-refractivity contribution is -0.128. The maximum absolute atomic E-state index is 12.5. The molecule has 25 heavy (non-hydrogen) atoms. The van der Waals surface area contributed by atoms with E-state index in [0.29, 0.717) is 6.42 Å². The van der Waals surface area contributed by atoms with Crippen LogP contribution in [0, 0.1) is 0 Å². The Balaban J connectivity index is 1.97. The summed E-state index contributed by atoms with van der Waals surface area (Å²) in [6, 6.07) is 15.5. The number of nitrogens with one attached hydrogen (secondary N) is 1. The predicted molar refractivity (Wildman–Crippen MR) is 100 cm³/mol. The summed E-state index contributed by atoms with van der Waals surface area (Å²) in [4.78, 5) is 12.5. The van der Waals surface area contributed by atoms with Gasteiger partial charge in [-0.25, -0.2) is 0 Å². The molecule has 0 heterocycles. The first-order valence-electron chi connectivity index (χ1n) is 8.77. The highest BCUT2D eigenvalue weighted by Gasteiger charge is 2.20. The molecule has 2 rings (SSSR count). The van der Waals surface area contributed by atoms with Crippen LogP contribution in [0.15, 0.2) is 48.5 Å². The van der Waals surface area contributed by atoms with Crippen LogP contribution in [-0.4, -0.2) is 19.1 Å². The van der Waals surface area contributed by atoms with Gasteiger partial charge in [0.25, 0.3) is 5.91 Å². The molecule has 0 spiro atoms. The van der Waals surface area contributed by atoms with E-state index in [2.05, 4.69) is 12.2 Å². The van der Waals surface area contributed by atoms with Gasteiger partial charge >= 0.3 is 0 Å². The number of amides is 1. The van der Waals surface area contributed by atoms with Crippen LogP contribution >= 0.6 is 0 Å². The summed E-state index contributed by atoms with van der Waals surface area (Å²) in [7, 11) is 1.64. The molecule has 0 aliphatic heterocycles. The quantitative estimate of drug-likeness (QED) is 0.779. The van der Waals surface area contributed by atoms with Gasteiger partial charge in [0, 0.05) is 0 Å². The average molecular weight is 341 g/mol. The topological polar surface area (TPSA) is 47.6 Å². The van der Waals surface area contributed by atoms with Gasteiger partial charge in [0.1, 0.15) is 11.5 Å². The van der Waals surface area contributed by atoms with Gasteiger partial charge in [0.05, 0.1) is 13.2 Å². The molecule has 2 aromatic rings. The molecule has 0 fully saturated rings. The summed E-state index contributed by atoms with van der Waals surface area (Å²) in [5.74, 6) is 1.41. The van der Waals surface area contributed by atoms with E-state index in [1.165, 1.54) is 5.56 Å². The van der Waals surface area contributed by atoms with E-state index in [9.17, 15) is 4.79 Å². The van der Waals surface area contributed by atoms with Crippen LogP contribution in [-0.2, 0) is 11.2 Å². The number of methoxy groups -OCH3 is 1. The Labute approximate surface area is 150 Å². The molecule has 2 atom stereocenters. The molecule has 4 heteroatoms. The van der Waals surface area contributed by atoms with Gasteiger partial charge in [-0.1, -0.05) is 38.1 Å². The highest BCUT2D eigenvalue weighted by atomic mass is 16.5. The van der Waals surface area contributed by atoms with Crippen molar-refractivity contribution in [3.63, 3.8) is 0 Å². The third-order valence-electron chi connectivity index (χ3n) is 4.25. The SMILES string of the molecule is CCc1ccc(O[C@@H](CC)C(=O)N[C@H](C)c2ccc(OC)cc2)cc1. The normalized spacial score (nSPS) is 13.0. The fraction of sp³-hybridized carbons (Fsp3) is 0.381. The molecule has 134 valence electrons. The van der Waals surface area contributed by atoms with Crippen molar-refractivity contribution in [1.29, 1.82) is 0 Å². The predicted octanol–water partition coefficient (Wildman–Crippen LogP) is 4.29. The molecule has 2 aromatic carbocycles. The van der Waals surface area contributed by atoms with Crippen molar-refractivity contribution in [3.8, 4) is 11.5 Å². The van der Waals surface area contributed by atoms with Gasteiger partial charge < -0.3 is 14.8 Å². The third-order valence-corrected chi connectivity index (χ3v) is 4.25. The van der Waals surface area contributed by atoms with E-state index in [-0.39, 0.29) is 11.9 Å². The van der Waals surface area contributed by atoms with Crippen LogP contribution in [0.4, 0.5) is 0 Å². The highest BCUT2D eigenvalue weighted by Crippen LogP contribution is 2.19. The minimum absolute atomic E-state index is 0.0986. The fourth-order valence-corrected chi connectivity index (χ4v) is 2.57. The van der Waals surface area contributed by atoms with Crippen molar-refractivity contribution in [3.05, 3.63) is 59.7 Å². The molecule has 0 bridgehead atoms. The van der Waals surface area contributed by atoms with Gasteiger partial charge in [-0.05, 0) is 55.2 Å². The third kappa shape index (κ3) is 5.24. The van der Waals surface area contributed by atoms with Crippen LogP contribution in [0.25, 0.3) is 0 Å². The molecule has 0 aromatic heterocycles. The molecule has 0 aliphatic rings. The van der Waals surface area contributed by atoms with Crippen molar-refractivity contribution < 1.29 is 14.3 Å². The highest BCUT2D eigenvalue weighted by molar-refractivity contribution is 5.81. The van der Waals surface area contributed by atoms with E-state index in [0.717, 1.165) is 23.5 Å².